The van der Waals surface area contributed by atoms with Crippen LogP contribution in [0.4, 0.5) is 0 Å². The summed E-state index contributed by atoms with van der Waals surface area (Å²) in [5.74, 6) is -1.21. The molecule has 3 rings (SSSR count). The first kappa shape index (κ1) is 16.8. The second-order valence-corrected chi connectivity index (χ2v) is 8.28. The molecule has 0 aliphatic carbocycles. The molecule has 5 nitrogen and oxygen atoms in total. The van der Waals surface area contributed by atoms with Gasteiger partial charge in [0.05, 0.1) is 5.30 Å². The van der Waals surface area contributed by atoms with Gasteiger partial charge in [-0.2, -0.15) is 0 Å². The van der Waals surface area contributed by atoms with Crippen LogP contribution in [0, 0.1) is 6.92 Å². The number of carboxylic acids is 1. The summed E-state index contributed by atoms with van der Waals surface area (Å²) in [4.78, 5) is 14.5. The lowest BCUT2D eigenvalue weighted by Gasteiger charge is -2.17. The topological polar surface area (TPSA) is 79.4 Å². The monoisotopic (exact) mass is 363 g/mol. The maximum atomic E-state index is 13.7. The van der Waals surface area contributed by atoms with Gasteiger partial charge >= 0.3 is 5.97 Å². The Labute approximate surface area is 143 Å². The van der Waals surface area contributed by atoms with Crippen LogP contribution < -0.4 is 10.6 Å². The van der Waals surface area contributed by atoms with Gasteiger partial charge in [0.15, 0.2) is 0 Å². The molecule has 2 aromatic carbocycles. The zero-order valence-corrected chi connectivity index (χ0v) is 14.7. The van der Waals surface area contributed by atoms with E-state index in [-0.39, 0.29) is 11.0 Å². The minimum absolute atomic E-state index is 0.126. The van der Waals surface area contributed by atoms with Crippen LogP contribution >= 0.6 is 19.0 Å². The van der Waals surface area contributed by atoms with Crippen LogP contribution in [0.1, 0.15) is 16.1 Å². The quantitative estimate of drug-likeness (QED) is 0.693. The fourth-order valence-corrected chi connectivity index (χ4v) is 5.17. The predicted molar refractivity (Wildman–Crippen MR) is 95.3 cm³/mol. The molecule has 2 N–H and O–H groups in total. The Morgan fingerprint density at radius 3 is 2.62 bits per heavy atom. The molecule has 0 aliphatic heterocycles. The van der Waals surface area contributed by atoms with E-state index in [0.717, 1.165) is 5.56 Å². The summed E-state index contributed by atoms with van der Waals surface area (Å²) >= 11 is 6.05. The lowest BCUT2D eigenvalue weighted by atomic mass is 10.2. The van der Waals surface area contributed by atoms with Crippen LogP contribution in [0.15, 0.2) is 42.5 Å². The van der Waals surface area contributed by atoms with Crippen LogP contribution in [-0.2, 0) is 9.09 Å². The molecule has 0 saturated heterocycles. The van der Waals surface area contributed by atoms with Gasteiger partial charge in [-0.05, 0) is 37.3 Å². The molecule has 0 bridgehead atoms. The molecule has 1 aromatic heterocycles. The third-order valence-corrected chi connectivity index (χ3v) is 6.60. The summed E-state index contributed by atoms with van der Waals surface area (Å²) in [6.07, 6.45) is 0. The number of rotatable bonds is 4. The molecular formula is C17H15ClNO4P. The predicted octanol–water partition coefficient (Wildman–Crippen LogP) is 3.70. The van der Waals surface area contributed by atoms with E-state index in [1.165, 1.54) is 7.11 Å². The normalized spacial score (nSPS) is 13.8. The number of aromatic carboxylic acids is 1. The number of benzene rings is 2. The Morgan fingerprint density at radius 2 is 2.00 bits per heavy atom. The third kappa shape index (κ3) is 2.65. The highest BCUT2D eigenvalue weighted by Gasteiger charge is 2.36. The number of carboxylic acid groups (broad SMARTS) is 1. The highest BCUT2D eigenvalue weighted by Crippen LogP contribution is 2.47. The summed E-state index contributed by atoms with van der Waals surface area (Å²) in [6.45, 7) is 1.87. The van der Waals surface area contributed by atoms with E-state index in [4.69, 9.17) is 16.1 Å². The van der Waals surface area contributed by atoms with E-state index in [1.54, 1.807) is 36.4 Å². The fraction of sp³-hybridized carbons (Fsp3) is 0.118. The van der Waals surface area contributed by atoms with Crippen molar-refractivity contribution in [3.8, 4) is 0 Å². The summed E-state index contributed by atoms with van der Waals surface area (Å²) in [6, 6.07) is 11.9. The second kappa shape index (κ2) is 6.10. The standard InChI is InChI=1S/C17H15ClNO4P/c1-10-4-3-5-12(8-10)24(22,23-2)16-13-9-11(18)6-7-14(13)19-15(16)17(20)21/h3-9,19H,1-2H3,(H,20,21). The number of nitrogens with one attached hydrogen (secondary N) is 1. The minimum Gasteiger partial charge on any atom is -0.477 e. The number of hydrogen-bond acceptors (Lipinski definition) is 3. The van der Waals surface area contributed by atoms with Crippen molar-refractivity contribution in [2.24, 2.45) is 0 Å². The van der Waals surface area contributed by atoms with E-state index < -0.39 is 13.3 Å². The molecule has 0 fully saturated rings. The molecular weight excluding hydrogens is 349 g/mol. The van der Waals surface area contributed by atoms with Crippen molar-refractivity contribution >= 4 is 46.5 Å². The van der Waals surface area contributed by atoms with Crippen molar-refractivity contribution in [1.82, 2.24) is 4.98 Å². The van der Waals surface area contributed by atoms with Crippen molar-refractivity contribution in [1.29, 1.82) is 0 Å². The molecule has 1 heterocycles. The molecule has 0 spiro atoms. The van der Waals surface area contributed by atoms with Gasteiger partial charge < -0.3 is 14.6 Å². The van der Waals surface area contributed by atoms with Gasteiger partial charge in [0.1, 0.15) is 5.69 Å². The third-order valence-electron chi connectivity index (χ3n) is 3.84. The van der Waals surface area contributed by atoms with Crippen LogP contribution in [0.25, 0.3) is 10.9 Å². The Bertz CT molecular complexity index is 995. The summed E-state index contributed by atoms with van der Waals surface area (Å²) in [5, 5.41) is 11.0. The highest BCUT2D eigenvalue weighted by atomic mass is 35.5. The molecule has 24 heavy (non-hydrogen) atoms. The van der Waals surface area contributed by atoms with Crippen molar-refractivity contribution < 1.29 is 19.0 Å². The van der Waals surface area contributed by atoms with E-state index in [9.17, 15) is 14.5 Å². The van der Waals surface area contributed by atoms with Gasteiger partial charge in [-0.15, -0.1) is 0 Å². The molecule has 0 saturated carbocycles. The number of fused-ring (bicyclic) bond motifs is 1. The van der Waals surface area contributed by atoms with Gasteiger partial charge in [0, 0.05) is 28.3 Å². The number of aromatic nitrogens is 1. The Morgan fingerprint density at radius 1 is 1.25 bits per heavy atom. The second-order valence-electron chi connectivity index (χ2n) is 5.42. The first-order chi connectivity index (χ1) is 11.4. The average Bonchev–Trinajstić information content (AvgIpc) is 2.93. The minimum atomic E-state index is -3.61. The number of aromatic amines is 1. The molecule has 0 amide bonds. The van der Waals surface area contributed by atoms with Crippen LogP contribution in [0.2, 0.25) is 5.02 Å². The molecule has 1 unspecified atom stereocenters. The Hall–Kier alpha value is -2.07. The Kier molecular flexibility index (Phi) is 4.26. The van der Waals surface area contributed by atoms with Crippen molar-refractivity contribution in [3.05, 3.63) is 58.7 Å². The summed E-state index contributed by atoms with van der Waals surface area (Å²) in [7, 11) is -2.29. The van der Waals surface area contributed by atoms with E-state index >= 15 is 0 Å². The van der Waals surface area contributed by atoms with Gasteiger partial charge in [-0.1, -0.05) is 29.3 Å². The summed E-state index contributed by atoms with van der Waals surface area (Å²) < 4.78 is 19.1. The molecule has 7 heteroatoms. The zero-order valence-electron chi connectivity index (χ0n) is 13.0. The number of hydrogen-bond donors (Lipinski definition) is 2. The van der Waals surface area contributed by atoms with E-state index in [1.807, 2.05) is 13.0 Å². The van der Waals surface area contributed by atoms with Gasteiger partial charge in [0.2, 0.25) is 0 Å². The fourth-order valence-electron chi connectivity index (χ4n) is 2.75. The number of halogens is 1. The number of H-pyrrole nitrogens is 1. The first-order valence-corrected chi connectivity index (χ1v) is 9.15. The SMILES string of the molecule is COP(=O)(c1cccc(C)c1)c1c(C(=O)O)[nH]c2ccc(Cl)cc12. The molecule has 1 atom stereocenters. The lowest BCUT2D eigenvalue weighted by Crippen LogP contribution is -2.22. The smallest absolute Gasteiger partial charge is 0.353 e. The van der Waals surface area contributed by atoms with Gasteiger partial charge in [-0.25, -0.2) is 4.79 Å². The Balaban J connectivity index is 2.41. The molecule has 0 aliphatic rings. The highest BCUT2D eigenvalue weighted by molar-refractivity contribution is 7.75. The maximum absolute atomic E-state index is 13.7. The molecule has 3 aromatic rings. The van der Waals surface area contributed by atoms with Crippen molar-refractivity contribution in [3.63, 3.8) is 0 Å². The molecule has 0 radical (unpaired) electrons. The van der Waals surface area contributed by atoms with E-state index in [2.05, 4.69) is 4.98 Å². The lowest BCUT2D eigenvalue weighted by molar-refractivity contribution is 0.0692. The van der Waals surface area contributed by atoms with Crippen LogP contribution in [-0.4, -0.2) is 23.2 Å². The molecule has 124 valence electrons. The van der Waals surface area contributed by atoms with Gasteiger partial charge in [-0.3, -0.25) is 4.57 Å². The number of aryl methyl sites for hydroxylation is 1. The van der Waals surface area contributed by atoms with Crippen LogP contribution in [0.3, 0.4) is 0 Å². The summed E-state index contributed by atoms with van der Waals surface area (Å²) in [5.41, 5.74) is 1.29. The van der Waals surface area contributed by atoms with Crippen molar-refractivity contribution in [2.75, 3.05) is 7.11 Å². The first-order valence-electron chi connectivity index (χ1n) is 7.15. The average molecular weight is 364 g/mol. The largest absolute Gasteiger partial charge is 0.477 e. The number of carbonyl (C=O) groups is 1. The van der Waals surface area contributed by atoms with Crippen LogP contribution in [0.5, 0.6) is 0 Å². The van der Waals surface area contributed by atoms with Gasteiger partial charge in [0.25, 0.3) is 7.37 Å². The maximum Gasteiger partial charge on any atom is 0.353 e. The van der Waals surface area contributed by atoms with Crippen molar-refractivity contribution in [2.45, 2.75) is 6.92 Å². The van der Waals surface area contributed by atoms with E-state index in [0.29, 0.717) is 21.2 Å². The zero-order chi connectivity index (χ0) is 17.5.